The molecule has 1 heterocycles. The lowest BCUT2D eigenvalue weighted by Crippen LogP contribution is -2.09. The van der Waals surface area contributed by atoms with Gasteiger partial charge < -0.3 is 9.52 Å². The van der Waals surface area contributed by atoms with Crippen molar-refractivity contribution in [2.75, 3.05) is 0 Å². The molecule has 3 nitrogen and oxygen atoms in total. The van der Waals surface area contributed by atoms with E-state index in [9.17, 15) is 14.3 Å². The van der Waals surface area contributed by atoms with Crippen LogP contribution in [0, 0.1) is 0 Å². The van der Waals surface area contributed by atoms with E-state index in [4.69, 9.17) is 4.42 Å². The lowest BCUT2D eigenvalue weighted by atomic mass is 10.0. The topological polar surface area (TPSA) is 50.4 Å². The Balaban J connectivity index is 2.26. The van der Waals surface area contributed by atoms with Crippen molar-refractivity contribution < 1.29 is 13.9 Å². The van der Waals surface area contributed by atoms with E-state index in [0.717, 1.165) is 0 Å². The highest BCUT2D eigenvalue weighted by Gasteiger charge is 2.24. The van der Waals surface area contributed by atoms with Gasteiger partial charge in [-0.05, 0) is 11.6 Å². The highest BCUT2D eigenvalue weighted by molar-refractivity contribution is 5.20. The molecule has 0 spiro atoms. The van der Waals surface area contributed by atoms with E-state index in [1.165, 1.54) is 18.2 Å². The second-order valence-corrected chi connectivity index (χ2v) is 3.61. The summed E-state index contributed by atoms with van der Waals surface area (Å²) < 4.78 is 18.7. The average Bonchev–Trinajstić information content (AvgIpc) is 2.38. The molecule has 0 amide bonds. The molecule has 0 bridgehead atoms. The van der Waals surface area contributed by atoms with Crippen LogP contribution in [0.2, 0.25) is 0 Å². The van der Waals surface area contributed by atoms with Gasteiger partial charge in [0.05, 0.1) is 0 Å². The Hall–Kier alpha value is -1.94. The van der Waals surface area contributed by atoms with Crippen molar-refractivity contribution in [3.63, 3.8) is 0 Å². The van der Waals surface area contributed by atoms with E-state index in [-0.39, 0.29) is 5.76 Å². The lowest BCUT2D eigenvalue weighted by Gasteiger charge is -2.14. The third-order valence-corrected chi connectivity index (χ3v) is 2.40. The summed E-state index contributed by atoms with van der Waals surface area (Å²) in [5.41, 5.74) is -0.270. The van der Waals surface area contributed by atoms with Crippen LogP contribution in [0.3, 0.4) is 0 Å². The van der Waals surface area contributed by atoms with Crippen LogP contribution in [0.5, 0.6) is 0 Å². The van der Waals surface area contributed by atoms with Crippen LogP contribution in [0.4, 0.5) is 4.39 Å². The van der Waals surface area contributed by atoms with Crippen molar-refractivity contribution >= 4 is 0 Å². The molecule has 0 saturated heterocycles. The maximum Gasteiger partial charge on any atom is 0.335 e. The van der Waals surface area contributed by atoms with Gasteiger partial charge in [0.15, 0.2) is 6.17 Å². The zero-order chi connectivity index (χ0) is 12.3. The van der Waals surface area contributed by atoms with E-state index < -0.39 is 17.9 Å². The molecule has 2 aromatic rings. The van der Waals surface area contributed by atoms with Gasteiger partial charge in [-0.25, -0.2) is 9.18 Å². The first-order valence-corrected chi connectivity index (χ1v) is 5.15. The summed E-state index contributed by atoms with van der Waals surface area (Å²) in [4.78, 5) is 11.0. The Morgan fingerprint density at radius 3 is 2.41 bits per heavy atom. The first kappa shape index (κ1) is 11.5. The molecule has 1 aromatic heterocycles. The van der Waals surface area contributed by atoms with Crippen molar-refractivity contribution in [1.29, 1.82) is 0 Å². The molecular weight excluding hydrogens is 223 g/mol. The summed E-state index contributed by atoms with van der Waals surface area (Å²) in [7, 11) is 0. The zero-order valence-electron chi connectivity index (χ0n) is 8.92. The van der Waals surface area contributed by atoms with E-state index in [1.54, 1.807) is 30.3 Å². The van der Waals surface area contributed by atoms with E-state index in [0.29, 0.717) is 5.56 Å². The predicted octanol–water partition coefficient (Wildman–Crippen LogP) is 2.38. The van der Waals surface area contributed by atoms with Crippen LogP contribution in [0.25, 0.3) is 0 Å². The molecule has 0 aliphatic heterocycles. The van der Waals surface area contributed by atoms with Crippen LogP contribution in [0.15, 0.2) is 57.7 Å². The molecular formula is C13H11FO3. The minimum absolute atomic E-state index is 0.0751. The van der Waals surface area contributed by atoms with Gasteiger partial charge >= 0.3 is 5.63 Å². The van der Waals surface area contributed by atoms with Gasteiger partial charge in [-0.3, -0.25) is 0 Å². The Labute approximate surface area is 97.1 Å². The van der Waals surface area contributed by atoms with E-state index in [2.05, 4.69) is 0 Å². The molecule has 88 valence electrons. The number of hydrogen-bond donors (Lipinski definition) is 1. The summed E-state index contributed by atoms with van der Waals surface area (Å²) in [5, 5.41) is 9.76. The van der Waals surface area contributed by atoms with Crippen LogP contribution in [0.1, 0.15) is 23.6 Å². The molecule has 0 aliphatic carbocycles. The molecule has 17 heavy (non-hydrogen) atoms. The maximum atomic E-state index is 13.9. The summed E-state index contributed by atoms with van der Waals surface area (Å²) in [5.74, 6) is -0.0751. The van der Waals surface area contributed by atoms with Crippen LogP contribution >= 0.6 is 0 Å². The Kier molecular flexibility index (Phi) is 3.35. The fraction of sp³-hybridized carbons (Fsp3) is 0.154. The number of aliphatic hydroxyl groups is 1. The van der Waals surface area contributed by atoms with Crippen LogP contribution in [-0.2, 0) is 0 Å². The number of hydrogen-bond acceptors (Lipinski definition) is 3. The molecule has 2 rings (SSSR count). The molecule has 1 aromatic carbocycles. The van der Waals surface area contributed by atoms with Crippen molar-refractivity contribution in [3.05, 3.63) is 70.3 Å². The van der Waals surface area contributed by atoms with Crippen molar-refractivity contribution in [2.24, 2.45) is 0 Å². The third kappa shape index (κ3) is 2.60. The Morgan fingerprint density at radius 2 is 1.76 bits per heavy atom. The number of rotatable bonds is 3. The summed E-state index contributed by atoms with van der Waals surface area (Å²) in [6, 6.07) is 12.2. The molecule has 0 saturated carbocycles. The predicted molar refractivity (Wildman–Crippen MR) is 60.2 cm³/mol. The van der Waals surface area contributed by atoms with Gasteiger partial charge in [0.2, 0.25) is 0 Å². The second kappa shape index (κ2) is 4.93. The minimum atomic E-state index is -1.62. The minimum Gasteiger partial charge on any atom is -0.425 e. The first-order chi connectivity index (χ1) is 8.18. The molecule has 2 atom stereocenters. The first-order valence-electron chi connectivity index (χ1n) is 5.15. The average molecular weight is 234 g/mol. The molecule has 4 heteroatoms. The van der Waals surface area contributed by atoms with E-state index >= 15 is 0 Å². The lowest BCUT2D eigenvalue weighted by molar-refractivity contribution is 0.0562. The van der Waals surface area contributed by atoms with Crippen molar-refractivity contribution in [2.45, 2.75) is 12.3 Å². The second-order valence-electron chi connectivity index (χ2n) is 3.61. The number of halogens is 1. The zero-order valence-corrected chi connectivity index (χ0v) is 8.92. The van der Waals surface area contributed by atoms with Gasteiger partial charge in [0.25, 0.3) is 0 Å². The molecule has 0 aliphatic rings. The SMILES string of the molecule is O=c1cccc([C@@H](O)[C@H](F)c2ccccc2)o1. The molecule has 0 fully saturated rings. The number of aliphatic hydroxyl groups excluding tert-OH is 1. The standard InChI is InChI=1S/C13H11FO3/c14-12(9-5-2-1-3-6-9)13(16)10-7-4-8-11(15)17-10/h1-8,12-13,16H/t12-,13-/m1/s1. The summed E-state index contributed by atoms with van der Waals surface area (Å²) in [6.45, 7) is 0. The Morgan fingerprint density at radius 1 is 1.06 bits per heavy atom. The number of benzene rings is 1. The summed E-state index contributed by atoms with van der Waals surface area (Å²) in [6.07, 6.45) is -3.10. The fourth-order valence-electron chi connectivity index (χ4n) is 1.53. The Bertz CT molecular complexity index is 536. The van der Waals surface area contributed by atoms with Crippen molar-refractivity contribution in [1.82, 2.24) is 0 Å². The highest BCUT2D eigenvalue weighted by Crippen LogP contribution is 2.31. The maximum absolute atomic E-state index is 13.9. The van der Waals surface area contributed by atoms with Gasteiger partial charge in [-0.15, -0.1) is 0 Å². The molecule has 0 radical (unpaired) electrons. The van der Waals surface area contributed by atoms with E-state index in [1.807, 2.05) is 0 Å². The van der Waals surface area contributed by atoms with Gasteiger partial charge in [-0.2, -0.15) is 0 Å². The number of alkyl halides is 1. The summed E-state index contributed by atoms with van der Waals surface area (Å²) >= 11 is 0. The van der Waals surface area contributed by atoms with Crippen LogP contribution in [-0.4, -0.2) is 5.11 Å². The van der Waals surface area contributed by atoms with Gasteiger partial charge in [-0.1, -0.05) is 36.4 Å². The molecule has 0 unspecified atom stereocenters. The smallest absolute Gasteiger partial charge is 0.335 e. The monoisotopic (exact) mass is 234 g/mol. The van der Waals surface area contributed by atoms with Gasteiger partial charge in [0, 0.05) is 6.07 Å². The molecule has 1 N–H and O–H groups in total. The van der Waals surface area contributed by atoms with Crippen molar-refractivity contribution in [3.8, 4) is 0 Å². The quantitative estimate of drug-likeness (QED) is 0.887. The van der Waals surface area contributed by atoms with Gasteiger partial charge in [0.1, 0.15) is 11.9 Å². The fourth-order valence-corrected chi connectivity index (χ4v) is 1.53. The van der Waals surface area contributed by atoms with Crippen LogP contribution < -0.4 is 5.63 Å². The highest BCUT2D eigenvalue weighted by atomic mass is 19.1. The normalized spacial score (nSPS) is 14.2. The largest absolute Gasteiger partial charge is 0.425 e. The third-order valence-electron chi connectivity index (χ3n) is 2.40.